The lowest BCUT2D eigenvalue weighted by Gasteiger charge is -2.39. The Hall–Kier alpha value is -3.51. The highest BCUT2D eigenvalue weighted by molar-refractivity contribution is 5.88. The van der Waals surface area contributed by atoms with Gasteiger partial charge < -0.3 is 69.3 Å². The fourth-order valence-electron chi connectivity index (χ4n) is 4.55. The summed E-state index contributed by atoms with van der Waals surface area (Å²) in [5.41, 5.74) is -0.989. The predicted octanol–water partition coefficient (Wildman–Crippen LogP) is -2.13. The van der Waals surface area contributed by atoms with E-state index in [2.05, 4.69) is 0 Å². The summed E-state index contributed by atoms with van der Waals surface area (Å²) in [6, 6.07) is 7.58. The minimum absolute atomic E-state index is 0.149. The van der Waals surface area contributed by atoms with E-state index in [-0.39, 0.29) is 34.6 Å². The summed E-state index contributed by atoms with van der Waals surface area (Å²) in [6.45, 7) is -1.03. The van der Waals surface area contributed by atoms with Crippen LogP contribution in [-0.4, -0.2) is 114 Å². The van der Waals surface area contributed by atoms with Crippen molar-refractivity contribution in [2.45, 2.75) is 55.3 Å². The molecular weight excluding hydrogens is 552 g/mol. The minimum atomic E-state index is -1.87. The number of hydrogen-bond acceptors (Lipinski definition) is 15. The molecule has 222 valence electrons. The lowest BCUT2D eigenvalue weighted by Crippen LogP contribution is -2.60. The lowest BCUT2D eigenvalue weighted by molar-refractivity contribution is -0.277. The Bertz CT molecular complexity index is 1440. The van der Waals surface area contributed by atoms with Crippen LogP contribution in [-0.2, 0) is 9.47 Å². The summed E-state index contributed by atoms with van der Waals surface area (Å²) in [5.74, 6) is -1.74. The second-order valence-corrected chi connectivity index (χ2v) is 9.64. The second-order valence-electron chi connectivity index (χ2n) is 9.64. The standard InChI is InChI=1S/C26H28O15/c27-7-15-18(32)20(34)22(36)26(40-15)41-24-19(33)16-12(29)5-10(28)6-14(16)39-23(24)9-1-3-11(4-2-9)38-25-21(35)17(31)13(30)8-37-25/h1-6,13,15,17-18,20-22,25-32,34-36H,7-8H2. The summed E-state index contributed by atoms with van der Waals surface area (Å²) >= 11 is 0. The largest absolute Gasteiger partial charge is 0.508 e. The van der Waals surface area contributed by atoms with Crippen molar-refractivity contribution >= 4 is 11.0 Å². The molecule has 2 saturated heterocycles. The zero-order valence-corrected chi connectivity index (χ0v) is 21.0. The Balaban J connectivity index is 1.52. The molecule has 3 aromatic rings. The van der Waals surface area contributed by atoms with E-state index in [1.54, 1.807) is 0 Å². The van der Waals surface area contributed by atoms with Crippen LogP contribution >= 0.6 is 0 Å². The monoisotopic (exact) mass is 580 g/mol. The fourth-order valence-corrected chi connectivity index (χ4v) is 4.55. The first kappa shape index (κ1) is 29.0. The zero-order chi connectivity index (χ0) is 29.6. The highest BCUT2D eigenvalue weighted by Gasteiger charge is 2.45. The Labute approximate surface area is 230 Å². The van der Waals surface area contributed by atoms with Crippen LogP contribution in [0.2, 0.25) is 0 Å². The smallest absolute Gasteiger partial charge is 0.239 e. The van der Waals surface area contributed by atoms with Gasteiger partial charge in [-0.25, -0.2) is 0 Å². The number of phenolic OH excluding ortho intramolecular Hbond substituents is 2. The molecule has 5 rings (SSSR count). The Kier molecular flexibility index (Phi) is 8.06. The van der Waals surface area contributed by atoms with Crippen LogP contribution < -0.4 is 14.9 Å². The number of aliphatic hydroxyl groups excluding tert-OH is 7. The molecule has 9 N–H and O–H groups in total. The average molecular weight is 580 g/mol. The van der Waals surface area contributed by atoms with Gasteiger partial charge in [0.25, 0.3) is 0 Å². The predicted molar refractivity (Wildman–Crippen MR) is 134 cm³/mol. The van der Waals surface area contributed by atoms with E-state index < -0.39 is 84.6 Å². The quantitative estimate of drug-likeness (QED) is 0.151. The molecule has 9 atom stereocenters. The highest BCUT2D eigenvalue weighted by atomic mass is 16.7. The van der Waals surface area contributed by atoms with Crippen LogP contribution in [0, 0.1) is 0 Å². The molecule has 41 heavy (non-hydrogen) atoms. The number of phenols is 2. The third-order valence-electron chi connectivity index (χ3n) is 6.82. The van der Waals surface area contributed by atoms with Crippen LogP contribution in [0.15, 0.2) is 45.6 Å². The van der Waals surface area contributed by atoms with Crippen molar-refractivity contribution in [3.63, 3.8) is 0 Å². The number of rotatable bonds is 6. The van der Waals surface area contributed by atoms with Gasteiger partial charge in [0.05, 0.1) is 13.2 Å². The molecule has 2 aliphatic heterocycles. The summed E-state index contributed by atoms with van der Waals surface area (Å²) in [4.78, 5) is 13.5. The third kappa shape index (κ3) is 5.42. The minimum Gasteiger partial charge on any atom is -0.508 e. The Morgan fingerprint density at radius 2 is 1.51 bits per heavy atom. The van der Waals surface area contributed by atoms with Gasteiger partial charge in [-0.2, -0.15) is 0 Å². The van der Waals surface area contributed by atoms with Crippen LogP contribution in [0.5, 0.6) is 23.0 Å². The Morgan fingerprint density at radius 3 is 2.20 bits per heavy atom. The van der Waals surface area contributed by atoms with Gasteiger partial charge >= 0.3 is 0 Å². The molecule has 0 saturated carbocycles. The van der Waals surface area contributed by atoms with Gasteiger partial charge in [-0.15, -0.1) is 0 Å². The maximum absolute atomic E-state index is 13.5. The number of ether oxygens (including phenoxy) is 4. The molecule has 0 spiro atoms. The normalized spacial score (nSPS) is 32.1. The fraction of sp³-hybridized carbons (Fsp3) is 0.423. The van der Waals surface area contributed by atoms with Crippen LogP contribution in [0.3, 0.4) is 0 Å². The molecule has 0 bridgehead atoms. The molecule has 2 fully saturated rings. The van der Waals surface area contributed by atoms with Gasteiger partial charge in [-0.05, 0) is 24.3 Å². The van der Waals surface area contributed by atoms with Crippen molar-refractivity contribution in [2.24, 2.45) is 0 Å². The molecule has 0 aliphatic carbocycles. The molecule has 9 unspecified atom stereocenters. The van der Waals surface area contributed by atoms with Gasteiger partial charge in [0, 0.05) is 17.7 Å². The first-order valence-electron chi connectivity index (χ1n) is 12.4. The molecule has 0 radical (unpaired) electrons. The summed E-state index contributed by atoms with van der Waals surface area (Å²) in [6.07, 6.45) is -14.1. The summed E-state index contributed by atoms with van der Waals surface area (Å²) in [7, 11) is 0. The van der Waals surface area contributed by atoms with Gasteiger partial charge in [-0.3, -0.25) is 4.79 Å². The lowest BCUT2D eigenvalue weighted by atomic mass is 9.99. The van der Waals surface area contributed by atoms with Gasteiger partial charge in [0.2, 0.25) is 23.8 Å². The molecule has 1 aromatic heterocycles. The molecular formula is C26H28O15. The van der Waals surface area contributed by atoms with Crippen molar-refractivity contribution in [2.75, 3.05) is 13.2 Å². The van der Waals surface area contributed by atoms with Crippen molar-refractivity contribution < 1.29 is 69.3 Å². The van der Waals surface area contributed by atoms with E-state index in [0.717, 1.165) is 12.1 Å². The van der Waals surface area contributed by atoms with Crippen molar-refractivity contribution in [3.8, 4) is 34.3 Å². The molecule has 2 aromatic carbocycles. The van der Waals surface area contributed by atoms with Gasteiger partial charge in [-0.1, -0.05) is 0 Å². The number of aromatic hydroxyl groups is 2. The highest BCUT2D eigenvalue weighted by Crippen LogP contribution is 2.37. The topological polar surface area (TPSA) is 249 Å². The molecule has 15 nitrogen and oxygen atoms in total. The van der Waals surface area contributed by atoms with E-state index in [9.17, 15) is 50.8 Å². The molecule has 2 aliphatic rings. The van der Waals surface area contributed by atoms with E-state index in [4.69, 9.17) is 23.4 Å². The van der Waals surface area contributed by atoms with E-state index in [1.807, 2.05) is 0 Å². The Morgan fingerprint density at radius 1 is 0.829 bits per heavy atom. The first-order chi connectivity index (χ1) is 19.5. The molecule has 0 amide bonds. The second kappa shape index (κ2) is 11.4. The number of aliphatic hydroxyl groups is 7. The van der Waals surface area contributed by atoms with Gasteiger partial charge in [0.15, 0.2) is 5.76 Å². The van der Waals surface area contributed by atoms with E-state index >= 15 is 0 Å². The summed E-state index contributed by atoms with van der Waals surface area (Å²) in [5, 5.41) is 89.6. The number of fused-ring (bicyclic) bond motifs is 1. The SMILES string of the molecule is O=c1c(OC2OC(CO)C(O)C(O)C2O)c(-c2ccc(OC3OCC(O)C(O)C3O)cc2)oc2cc(O)cc(O)c12. The van der Waals surface area contributed by atoms with E-state index in [0.29, 0.717) is 0 Å². The molecule has 3 heterocycles. The summed E-state index contributed by atoms with van der Waals surface area (Å²) < 4.78 is 27.6. The maximum atomic E-state index is 13.5. The van der Waals surface area contributed by atoms with Crippen LogP contribution in [0.1, 0.15) is 0 Å². The molecule has 15 heteroatoms. The third-order valence-corrected chi connectivity index (χ3v) is 6.82. The van der Waals surface area contributed by atoms with Crippen molar-refractivity contribution in [1.29, 1.82) is 0 Å². The number of benzene rings is 2. The average Bonchev–Trinajstić information content (AvgIpc) is 2.94. The van der Waals surface area contributed by atoms with E-state index in [1.165, 1.54) is 24.3 Å². The van der Waals surface area contributed by atoms with Crippen LogP contribution in [0.4, 0.5) is 0 Å². The van der Waals surface area contributed by atoms with Gasteiger partial charge in [0.1, 0.15) is 70.9 Å². The van der Waals surface area contributed by atoms with Crippen molar-refractivity contribution in [3.05, 3.63) is 46.6 Å². The van der Waals surface area contributed by atoms with Crippen LogP contribution in [0.25, 0.3) is 22.3 Å². The zero-order valence-electron chi connectivity index (χ0n) is 21.0. The van der Waals surface area contributed by atoms with Crippen molar-refractivity contribution in [1.82, 2.24) is 0 Å². The first-order valence-corrected chi connectivity index (χ1v) is 12.4. The number of hydrogen-bond donors (Lipinski definition) is 9. The maximum Gasteiger partial charge on any atom is 0.239 e.